The van der Waals surface area contributed by atoms with Crippen molar-refractivity contribution < 1.29 is 9.47 Å². The fourth-order valence-electron chi connectivity index (χ4n) is 5.15. The summed E-state index contributed by atoms with van der Waals surface area (Å²) in [4.78, 5) is 8.26. The van der Waals surface area contributed by atoms with Gasteiger partial charge in [-0.1, -0.05) is 18.2 Å². The van der Waals surface area contributed by atoms with Crippen molar-refractivity contribution in [1.29, 1.82) is 5.26 Å². The van der Waals surface area contributed by atoms with Crippen LogP contribution in [0.3, 0.4) is 0 Å². The highest BCUT2D eigenvalue weighted by molar-refractivity contribution is 7.18. The largest absolute Gasteiger partial charge is 0.490 e. The van der Waals surface area contributed by atoms with Crippen LogP contribution in [0.4, 0.5) is 0 Å². The van der Waals surface area contributed by atoms with E-state index in [1.54, 1.807) is 11.3 Å². The molecule has 0 amide bonds. The van der Waals surface area contributed by atoms with Crippen molar-refractivity contribution in [3.8, 4) is 32.8 Å². The Bertz CT molecular complexity index is 1230. The Balaban J connectivity index is 1.25. The lowest BCUT2D eigenvalue weighted by atomic mass is 10.0. The predicted molar refractivity (Wildman–Crippen MR) is 144 cm³/mol. The van der Waals surface area contributed by atoms with Gasteiger partial charge < -0.3 is 14.8 Å². The smallest absolute Gasteiger partial charge is 0.137 e. The normalized spacial score (nSPS) is 17.4. The van der Waals surface area contributed by atoms with Gasteiger partial charge in [0.2, 0.25) is 0 Å². The van der Waals surface area contributed by atoms with Crippen LogP contribution in [-0.2, 0) is 11.2 Å². The Morgan fingerprint density at radius 1 is 1.22 bits per heavy atom. The van der Waals surface area contributed by atoms with Gasteiger partial charge in [0, 0.05) is 37.4 Å². The van der Waals surface area contributed by atoms with E-state index in [1.165, 1.54) is 42.6 Å². The molecule has 1 saturated heterocycles. The predicted octanol–water partition coefficient (Wildman–Crippen LogP) is 5.78. The van der Waals surface area contributed by atoms with Gasteiger partial charge in [-0.2, -0.15) is 5.26 Å². The summed E-state index contributed by atoms with van der Waals surface area (Å²) in [5.74, 6) is 0.619. The van der Waals surface area contributed by atoms with E-state index in [2.05, 4.69) is 34.5 Å². The number of rotatable bonds is 10. The second-order valence-corrected chi connectivity index (χ2v) is 10.8. The molecule has 2 heterocycles. The third-order valence-electron chi connectivity index (χ3n) is 6.86. The summed E-state index contributed by atoms with van der Waals surface area (Å²) >= 11 is 1.68. The summed E-state index contributed by atoms with van der Waals surface area (Å²) in [6.45, 7) is 8.63. The molecule has 1 fully saturated rings. The fraction of sp³-hybridized carbons (Fsp3) is 0.448. The van der Waals surface area contributed by atoms with Gasteiger partial charge >= 0.3 is 0 Å². The second-order valence-electron chi connectivity index (χ2n) is 9.80. The number of nitrogens with zero attached hydrogens (tertiary/aromatic N) is 3. The minimum absolute atomic E-state index is 0.0235. The molecule has 0 unspecified atom stereocenters. The zero-order valence-corrected chi connectivity index (χ0v) is 21.9. The van der Waals surface area contributed by atoms with E-state index < -0.39 is 0 Å². The van der Waals surface area contributed by atoms with Crippen LogP contribution in [0.5, 0.6) is 5.75 Å². The molecular formula is C29H34N4O2S. The average Bonchev–Trinajstić information content (AvgIpc) is 3.65. The molecule has 36 heavy (non-hydrogen) atoms. The number of ether oxygens (including phenoxy) is 2. The molecule has 188 valence electrons. The van der Waals surface area contributed by atoms with E-state index in [9.17, 15) is 5.26 Å². The zero-order chi connectivity index (χ0) is 24.9. The summed E-state index contributed by atoms with van der Waals surface area (Å²) in [6, 6.07) is 15.0. The molecule has 0 saturated carbocycles. The molecule has 3 aromatic rings. The molecule has 0 radical (unpaired) electrons. The average molecular weight is 503 g/mol. The standard InChI is InChI=1S/C29H34N4O2S/c1-20(2)35-27-11-8-21(16-22(27)17-30)29-32-18-28(36-29)25-7-5-6-24-23(25)9-10-26(24)31-12-15-34-19-33-13-3-4-14-33/h5-8,11,16,18,20,26,31H,3-4,9-10,12-15,19H2,1-2H3/t26-/m0/s1. The van der Waals surface area contributed by atoms with Gasteiger partial charge in [-0.3, -0.25) is 4.90 Å². The van der Waals surface area contributed by atoms with E-state index >= 15 is 0 Å². The Morgan fingerprint density at radius 3 is 2.89 bits per heavy atom. The molecule has 0 bridgehead atoms. The molecule has 7 heteroatoms. The van der Waals surface area contributed by atoms with Crippen molar-refractivity contribution in [3.63, 3.8) is 0 Å². The lowest BCUT2D eigenvalue weighted by Gasteiger charge is -2.17. The van der Waals surface area contributed by atoms with E-state index in [4.69, 9.17) is 14.5 Å². The molecule has 1 atom stereocenters. The molecule has 5 rings (SSSR count). The first-order chi connectivity index (χ1) is 17.6. The third kappa shape index (κ3) is 5.63. The molecule has 2 aromatic carbocycles. The number of likely N-dealkylation sites (tertiary alicyclic amines) is 1. The van der Waals surface area contributed by atoms with Gasteiger partial charge in [0.1, 0.15) is 16.8 Å². The maximum absolute atomic E-state index is 9.59. The highest BCUT2D eigenvalue weighted by Crippen LogP contribution is 2.41. The SMILES string of the molecule is CC(C)Oc1ccc(-c2ncc(-c3cccc4c3CC[C@@H]4NCCOCN3CCCC3)s2)cc1C#N. The summed E-state index contributed by atoms with van der Waals surface area (Å²) in [5.41, 5.74) is 5.56. The van der Waals surface area contributed by atoms with E-state index in [0.717, 1.165) is 48.2 Å². The maximum Gasteiger partial charge on any atom is 0.137 e. The van der Waals surface area contributed by atoms with Gasteiger partial charge in [-0.15, -0.1) is 11.3 Å². The number of benzene rings is 2. The monoisotopic (exact) mass is 502 g/mol. The molecule has 1 aromatic heterocycles. The number of thiazole rings is 1. The number of fused-ring (bicyclic) bond motifs is 1. The number of hydrogen-bond acceptors (Lipinski definition) is 7. The van der Waals surface area contributed by atoms with Crippen molar-refractivity contribution in [2.24, 2.45) is 0 Å². The molecule has 1 N–H and O–H groups in total. The van der Waals surface area contributed by atoms with Crippen LogP contribution in [0.2, 0.25) is 0 Å². The fourth-order valence-corrected chi connectivity index (χ4v) is 6.11. The van der Waals surface area contributed by atoms with Crippen LogP contribution in [0.15, 0.2) is 42.6 Å². The maximum atomic E-state index is 9.59. The van der Waals surface area contributed by atoms with Crippen LogP contribution in [-0.4, -0.2) is 49.0 Å². The van der Waals surface area contributed by atoms with Gasteiger partial charge in [0.25, 0.3) is 0 Å². The number of aromatic nitrogens is 1. The van der Waals surface area contributed by atoms with Crippen LogP contribution in [0.1, 0.15) is 55.8 Å². The third-order valence-corrected chi connectivity index (χ3v) is 7.94. The van der Waals surface area contributed by atoms with Crippen LogP contribution >= 0.6 is 11.3 Å². The first-order valence-corrected chi connectivity index (χ1v) is 13.8. The molecule has 0 spiro atoms. The number of nitriles is 1. The Morgan fingerprint density at radius 2 is 2.08 bits per heavy atom. The van der Waals surface area contributed by atoms with E-state index in [1.807, 2.05) is 38.2 Å². The minimum Gasteiger partial charge on any atom is -0.490 e. The lowest BCUT2D eigenvalue weighted by molar-refractivity contribution is 0.0425. The van der Waals surface area contributed by atoms with Crippen molar-refractivity contribution >= 4 is 11.3 Å². The summed E-state index contributed by atoms with van der Waals surface area (Å²) in [7, 11) is 0. The van der Waals surface area contributed by atoms with Crippen molar-refractivity contribution in [2.45, 2.75) is 51.7 Å². The summed E-state index contributed by atoms with van der Waals surface area (Å²) in [5, 5.41) is 14.2. The summed E-state index contributed by atoms with van der Waals surface area (Å²) < 4.78 is 11.6. The first-order valence-electron chi connectivity index (χ1n) is 12.9. The first kappa shape index (κ1) is 24.9. The van der Waals surface area contributed by atoms with Crippen molar-refractivity contribution in [1.82, 2.24) is 15.2 Å². The van der Waals surface area contributed by atoms with Crippen LogP contribution in [0, 0.1) is 11.3 Å². The van der Waals surface area contributed by atoms with Gasteiger partial charge in [-0.05, 0) is 74.4 Å². The molecule has 2 aliphatic rings. The zero-order valence-electron chi connectivity index (χ0n) is 21.1. The molecule has 1 aliphatic heterocycles. The van der Waals surface area contributed by atoms with Gasteiger partial charge in [0.15, 0.2) is 0 Å². The lowest BCUT2D eigenvalue weighted by Crippen LogP contribution is -2.27. The molecular weight excluding hydrogens is 468 g/mol. The highest BCUT2D eigenvalue weighted by Gasteiger charge is 2.25. The van der Waals surface area contributed by atoms with E-state index in [-0.39, 0.29) is 6.10 Å². The Hall–Kier alpha value is -2.76. The van der Waals surface area contributed by atoms with E-state index in [0.29, 0.717) is 17.4 Å². The topological polar surface area (TPSA) is 70.4 Å². The van der Waals surface area contributed by atoms with Gasteiger partial charge in [-0.25, -0.2) is 4.98 Å². The summed E-state index contributed by atoms with van der Waals surface area (Å²) in [6.07, 6.45) is 6.75. The number of hydrogen-bond donors (Lipinski definition) is 1. The quantitative estimate of drug-likeness (QED) is 0.354. The van der Waals surface area contributed by atoms with Crippen LogP contribution in [0.25, 0.3) is 21.0 Å². The second kappa shape index (κ2) is 11.5. The Kier molecular flexibility index (Phi) is 7.98. The minimum atomic E-state index is 0.0235. The Labute approximate surface area is 217 Å². The molecule has 1 aliphatic carbocycles. The van der Waals surface area contributed by atoms with Crippen LogP contribution < -0.4 is 10.1 Å². The van der Waals surface area contributed by atoms with Gasteiger partial charge in [0.05, 0.1) is 29.9 Å². The van der Waals surface area contributed by atoms with Crippen molar-refractivity contribution in [2.75, 3.05) is 33.0 Å². The highest BCUT2D eigenvalue weighted by atomic mass is 32.1. The van der Waals surface area contributed by atoms with Crippen molar-refractivity contribution in [3.05, 3.63) is 59.3 Å². The number of nitrogens with one attached hydrogen (secondary N) is 1. The molecule has 6 nitrogen and oxygen atoms in total.